The Morgan fingerprint density at radius 1 is 0.683 bits per heavy atom. The van der Waals surface area contributed by atoms with Crippen LogP contribution >= 0.6 is 0 Å². The molecule has 4 aromatic rings. The summed E-state index contributed by atoms with van der Waals surface area (Å²) in [6.07, 6.45) is -8.81. The summed E-state index contributed by atoms with van der Waals surface area (Å²) in [5.41, 5.74) is -2.09. The van der Waals surface area contributed by atoms with Crippen LogP contribution in [0.5, 0.6) is 0 Å². The molecule has 0 saturated carbocycles. The van der Waals surface area contributed by atoms with E-state index in [-0.39, 0.29) is 23.5 Å². The third-order valence-electron chi connectivity index (χ3n) is 7.35. The molecule has 0 spiro atoms. The average molecular weight is 570 g/mol. The Morgan fingerprint density at radius 3 is 1.68 bits per heavy atom. The summed E-state index contributed by atoms with van der Waals surface area (Å²) in [5, 5.41) is 2.93. The molecule has 41 heavy (non-hydrogen) atoms. The first-order chi connectivity index (χ1) is 19.3. The van der Waals surface area contributed by atoms with Crippen LogP contribution in [0.25, 0.3) is 0 Å². The van der Waals surface area contributed by atoms with E-state index < -0.39 is 34.9 Å². The molecule has 0 bridgehead atoms. The van der Waals surface area contributed by atoms with Crippen LogP contribution in [-0.2, 0) is 24.3 Å². The largest absolute Gasteiger partial charge is 0.416 e. The van der Waals surface area contributed by atoms with Gasteiger partial charge in [0.2, 0.25) is 0 Å². The van der Waals surface area contributed by atoms with Crippen molar-refractivity contribution < 1.29 is 31.1 Å². The summed E-state index contributed by atoms with van der Waals surface area (Å²) < 4.78 is 83.3. The number of hydrogen-bond donors (Lipinski definition) is 1. The Balaban J connectivity index is 2.01. The number of carbonyl (C=O) groups is 1. The highest BCUT2D eigenvalue weighted by atomic mass is 19.4. The van der Waals surface area contributed by atoms with Crippen LogP contribution in [-0.4, -0.2) is 5.91 Å². The standard InChI is InChI=1S/C33H29F6NO/c1-3-22(2)28-17-7-8-18-29(28)30(41)40-31(21-23-11-5-4-6-12-23,24-13-9-15-26(19-24)32(34,35)36)25-14-10-16-27(20-25)33(37,38)39/h4-20,22H,3,21H2,1-2H3,(H,40,41). The first-order valence-corrected chi connectivity index (χ1v) is 13.2. The minimum Gasteiger partial charge on any atom is -0.338 e. The Hall–Kier alpha value is -4.07. The number of alkyl halides is 6. The van der Waals surface area contributed by atoms with Gasteiger partial charge < -0.3 is 5.32 Å². The van der Waals surface area contributed by atoms with Crippen molar-refractivity contribution in [1.29, 1.82) is 0 Å². The molecule has 0 radical (unpaired) electrons. The first-order valence-electron chi connectivity index (χ1n) is 13.2. The summed E-state index contributed by atoms with van der Waals surface area (Å²) in [6.45, 7) is 3.91. The second-order valence-corrected chi connectivity index (χ2v) is 10.1. The molecule has 1 unspecified atom stereocenters. The molecule has 0 aliphatic rings. The zero-order valence-electron chi connectivity index (χ0n) is 22.5. The summed E-state index contributed by atoms with van der Waals surface area (Å²) in [4.78, 5) is 14.0. The molecule has 0 aliphatic carbocycles. The van der Waals surface area contributed by atoms with E-state index in [4.69, 9.17) is 0 Å². The van der Waals surface area contributed by atoms with Gasteiger partial charge in [-0.1, -0.05) is 86.6 Å². The van der Waals surface area contributed by atoms with E-state index in [2.05, 4.69) is 5.32 Å². The number of benzene rings is 4. The molecule has 8 heteroatoms. The minimum absolute atomic E-state index is 0.00451. The Morgan fingerprint density at radius 2 is 1.17 bits per heavy atom. The second kappa shape index (κ2) is 11.8. The fourth-order valence-electron chi connectivity index (χ4n) is 5.00. The highest BCUT2D eigenvalue weighted by Gasteiger charge is 2.41. The molecule has 214 valence electrons. The van der Waals surface area contributed by atoms with Crippen LogP contribution in [0.1, 0.15) is 69.9 Å². The van der Waals surface area contributed by atoms with E-state index in [1.807, 2.05) is 13.8 Å². The van der Waals surface area contributed by atoms with E-state index >= 15 is 0 Å². The van der Waals surface area contributed by atoms with Gasteiger partial charge in [-0.15, -0.1) is 0 Å². The zero-order chi connectivity index (χ0) is 29.8. The smallest absolute Gasteiger partial charge is 0.338 e. The molecular weight excluding hydrogens is 540 g/mol. The quantitative estimate of drug-likeness (QED) is 0.211. The van der Waals surface area contributed by atoms with Crippen LogP contribution in [0, 0.1) is 0 Å². The number of halogens is 6. The minimum atomic E-state index is -4.71. The Bertz CT molecular complexity index is 1440. The number of rotatable bonds is 8. The van der Waals surface area contributed by atoms with Crippen LogP contribution in [0.4, 0.5) is 26.3 Å². The summed E-state index contributed by atoms with van der Waals surface area (Å²) in [7, 11) is 0. The molecule has 1 N–H and O–H groups in total. The highest BCUT2D eigenvalue weighted by Crippen LogP contribution is 2.40. The van der Waals surface area contributed by atoms with Crippen molar-refractivity contribution in [1.82, 2.24) is 5.32 Å². The monoisotopic (exact) mass is 569 g/mol. The van der Waals surface area contributed by atoms with Crippen molar-refractivity contribution in [2.75, 3.05) is 0 Å². The van der Waals surface area contributed by atoms with E-state index in [1.165, 1.54) is 24.3 Å². The lowest BCUT2D eigenvalue weighted by Gasteiger charge is -2.37. The molecule has 0 aromatic heterocycles. The van der Waals surface area contributed by atoms with Gasteiger partial charge in [0.25, 0.3) is 5.91 Å². The molecule has 0 aliphatic heterocycles. The second-order valence-electron chi connectivity index (χ2n) is 10.1. The van der Waals surface area contributed by atoms with Crippen molar-refractivity contribution in [3.8, 4) is 0 Å². The van der Waals surface area contributed by atoms with E-state index in [9.17, 15) is 31.1 Å². The van der Waals surface area contributed by atoms with Gasteiger partial charge in [-0.25, -0.2) is 0 Å². The van der Waals surface area contributed by atoms with Crippen molar-refractivity contribution in [2.24, 2.45) is 0 Å². The van der Waals surface area contributed by atoms with Gasteiger partial charge in [0.1, 0.15) is 0 Å². The third kappa shape index (κ3) is 6.64. The summed E-state index contributed by atoms with van der Waals surface area (Å²) in [6, 6.07) is 24.3. The van der Waals surface area contributed by atoms with Gasteiger partial charge in [-0.05, 0) is 64.9 Å². The lowest BCUT2D eigenvalue weighted by Crippen LogP contribution is -2.49. The molecule has 1 amide bonds. The Kier molecular flexibility index (Phi) is 8.61. The predicted octanol–water partition coefficient (Wildman–Crippen LogP) is 9.15. The third-order valence-corrected chi connectivity index (χ3v) is 7.35. The predicted molar refractivity (Wildman–Crippen MR) is 146 cm³/mol. The number of hydrogen-bond acceptors (Lipinski definition) is 1. The van der Waals surface area contributed by atoms with Gasteiger partial charge in [0.15, 0.2) is 0 Å². The molecule has 0 saturated heterocycles. The van der Waals surface area contributed by atoms with Gasteiger partial charge in [-0.2, -0.15) is 26.3 Å². The number of amides is 1. The van der Waals surface area contributed by atoms with Crippen molar-refractivity contribution in [2.45, 2.75) is 50.5 Å². The maximum atomic E-state index is 14.0. The number of carbonyl (C=O) groups excluding carboxylic acids is 1. The lowest BCUT2D eigenvalue weighted by atomic mass is 9.76. The molecule has 1 atom stereocenters. The van der Waals surface area contributed by atoms with Crippen LogP contribution in [0.3, 0.4) is 0 Å². The molecule has 4 rings (SSSR count). The molecule has 0 fully saturated rings. The van der Waals surface area contributed by atoms with Crippen LogP contribution in [0.2, 0.25) is 0 Å². The van der Waals surface area contributed by atoms with Gasteiger partial charge in [0.05, 0.1) is 16.7 Å². The van der Waals surface area contributed by atoms with E-state index in [1.54, 1.807) is 54.6 Å². The SMILES string of the molecule is CCC(C)c1ccccc1C(=O)NC(Cc1ccccc1)(c1cccc(C(F)(F)F)c1)c1cccc(C(F)(F)F)c1. The maximum absolute atomic E-state index is 14.0. The molecule has 4 aromatic carbocycles. The van der Waals surface area contributed by atoms with Gasteiger partial charge in [-0.3, -0.25) is 4.79 Å². The fraction of sp³-hybridized carbons (Fsp3) is 0.242. The fourth-order valence-corrected chi connectivity index (χ4v) is 5.00. The molecular formula is C33H29F6NO. The topological polar surface area (TPSA) is 29.1 Å². The highest BCUT2D eigenvalue weighted by molar-refractivity contribution is 5.96. The summed E-state index contributed by atoms with van der Waals surface area (Å²) in [5.74, 6) is -0.616. The van der Waals surface area contributed by atoms with E-state index in [0.717, 1.165) is 36.2 Å². The number of nitrogens with one attached hydrogen (secondary N) is 1. The van der Waals surface area contributed by atoms with Crippen molar-refractivity contribution in [3.05, 3.63) is 142 Å². The maximum Gasteiger partial charge on any atom is 0.416 e. The molecule has 2 nitrogen and oxygen atoms in total. The van der Waals surface area contributed by atoms with Crippen molar-refractivity contribution in [3.63, 3.8) is 0 Å². The van der Waals surface area contributed by atoms with Crippen LogP contribution in [0.15, 0.2) is 103 Å². The summed E-state index contributed by atoms with van der Waals surface area (Å²) >= 11 is 0. The zero-order valence-corrected chi connectivity index (χ0v) is 22.5. The molecule has 0 heterocycles. The Labute approximate surface area is 235 Å². The average Bonchev–Trinajstić information content (AvgIpc) is 2.96. The van der Waals surface area contributed by atoms with E-state index in [0.29, 0.717) is 11.1 Å². The normalized spacial score (nSPS) is 13.1. The first kappa shape index (κ1) is 29.9. The van der Waals surface area contributed by atoms with Gasteiger partial charge >= 0.3 is 12.4 Å². The van der Waals surface area contributed by atoms with Gasteiger partial charge in [0, 0.05) is 12.0 Å². The van der Waals surface area contributed by atoms with Crippen molar-refractivity contribution >= 4 is 5.91 Å². The lowest BCUT2D eigenvalue weighted by molar-refractivity contribution is -0.138. The van der Waals surface area contributed by atoms with Crippen LogP contribution < -0.4 is 5.32 Å².